The van der Waals surface area contributed by atoms with E-state index in [1.54, 1.807) is 6.92 Å². The van der Waals surface area contributed by atoms with Crippen molar-refractivity contribution in [2.45, 2.75) is 25.9 Å². The van der Waals surface area contributed by atoms with Gasteiger partial charge in [0.05, 0.1) is 16.0 Å². The second-order valence-corrected chi connectivity index (χ2v) is 5.37. The number of anilines is 1. The molecule has 1 aliphatic carbocycles. The largest absolute Gasteiger partial charge is 0.416 e. The van der Waals surface area contributed by atoms with Gasteiger partial charge < -0.3 is 11.1 Å². The lowest BCUT2D eigenvalue weighted by atomic mass is 10.0. The smallest absolute Gasteiger partial charge is 0.392 e. The average Bonchev–Trinajstić information content (AvgIpc) is 3.11. The number of thiocarbonyl (C=S) groups is 1. The Balaban J connectivity index is 2.26. The van der Waals surface area contributed by atoms with E-state index in [-0.39, 0.29) is 10.7 Å². The molecule has 1 fully saturated rings. The van der Waals surface area contributed by atoms with Gasteiger partial charge in [-0.2, -0.15) is 13.2 Å². The summed E-state index contributed by atoms with van der Waals surface area (Å²) >= 11 is 4.84. The van der Waals surface area contributed by atoms with Crippen LogP contribution in [0.4, 0.5) is 18.9 Å². The summed E-state index contributed by atoms with van der Waals surface area (Å²) in [6.45, 7) is 1.62. The fourth-order valence-electron chi connectivity index (χ4n) is 1.89. The number of hydrogen-bond acceptors (Lipinski definition) is 2. The summed E-state index contributed by atoms with van der Waals surface area (Å²) in [6.07, 6.45) is -3.38. The number of rotatable bonds is 3. The van der Waals surface area contributed by atoms with Gasteiger partial charge >= 0.3 is 6.18 Å². The van der Waals surface area contributed by atoms with E-state index in [1.807, 2.05) is 0 Å². The second kappa shape index (κ2) is 4.73. The highest BCUT2D eigenvalue weighted by Gasteiger charge is 2.52. The Kier molecular flexibility index (Phi) is 3.49. The zero-order valence-corrected chi connectivity index (χ0v) is 11.5. The van der Waals surface area contributed by atoms with Gasteiger partial charge in [0.1, 0.15) is 0 Å². The Bertz CT molecular complexity index is 579. The summed E-state index contributed by atoms with van der Waals surface area (Å²) in [5.74, 6) is -0.438. The van der Waals surface area contributed by atoms with Crippen LogP contribution in [0, 0.1) is 12.3 Å². The molecule has 0 bridgehead atoms. The van der Waals surface area contributed by atoms with E-state index < -0.39 is 23.1 Å². The number of alkyl halides is 3. The first-order chi connectivity index (χ1) is 9.17. The van der Waals surface area contributed by atoms with Crippen LogP contribution in [0.1, 0.15) is 24.0 Å². The molecule has 20 heavy (non-hydrogen) atoms. The number of carbonyl (C=O) groups is 1. The molecule has 108 valence electrons. The first-order valence-electron chi connectivity index (χ1n) is 5.96. The molecule has 1 amide bonds. The highest BCUT2D eigenvalue weighted by molar-refractivity contribution is 7.80. The fourth-order valence-corrected chi connectivity index (χ4v) is 2.18. The molecule has 0 aromatic heterocycles. The molecule has 1 aromatic rings. The molecule has 1 saturated carbocycles. The number of nitrogens with two attached hydrogens (primary N) is 1. The van der Waals surface area contributed by atoms with Crippen molar-refractivity contribution in [3.05, 3.63) is 29.3 Å². The molecule has 7 heteroatoms. The molecule has 1 aromatic carbocycles. The summed E-state index contributed by atoms with van der Waals surface area (Å²) < 4.78 is 38.0. The van der Waals surface area contributed by atoms with Gasteiger partial charge in [-0.15, -0.1) is 0 Å². The van der Waals surface area contributed by atoms with E-state index in [4.69, 9.17) is 18.0 Å². The Morgan fingerprint density at radius 2 is 2.00 bits per heavy atom. The minimum atomic E-state index is -4.45. The van der Waals surface area contributed by atoms with Gasteiger partial charge in [-0.25, -0.2) is 0 Å². The Morgan fingerprint density at radius 1 is 1.40 bits per heavy atom. The van der Waals surface area contributed by atoms with Crippen molar-refractivity contribution >= 4 is 28.8 Å². The molecule has 0 saturated heterocycles. The molecular weight excluding hydrogens is 289 g/mol. The van der Waals surface area contributed by atoms with Crippen LogP contribution in [0.15, 0.2) is 18.2 Å². The van der Waals surface area contributed by atoms with E-state index in [1.165, 1.54) is 6.07 Å². The first kappa shape index (κ1) is 14.8. The maximum absolute atomic E-state index is 12.7. The fraction of sp³-hybridized carbons (Fsp3) is 0.385. The van der Waals surface area contributed by atoms with Gasteiger partial charge in [0.2, 0.25) is 5.91 Å². The molecule has 2 rings (SSSR count). The monoisotopic (exact) mass is 302 g/mol. The SMILES string of the molecule is Cc1ccc(C(F)(F)F)cc1NC(=O)C1(C(N)=S)CC1. The number of carbonyl (C=O) groups excluding carboxylic acids is 1. The van der Waals surface area contributed by atoms with Crippen LogP contribution in [0.3, 0.4) is 0 Å². The lowest BCUT2D eigenvalue weighted by Gasteiger charge is -2.16. The number of nitrogens with one attached hydrogen (secondary N) is 1. The minimum Gasteiger partial charge on any atom is -0.392 e. The lowest BCUT2D eigenvalue weighted by molar-refractivity contribution is -0.137. The second-order valence-electron chi connectivity index (χ2n) is 4.93. The number of benzene rings is 1. The van der Waals surface area contributed by atoms with Gasteiger partial charge in [0.15, 0.2) is 0 Å². The molecule has 0 spiro atoms. The predicted octanol–water partition coefficient (Wildman–Crippen LogP) is 3.02. The third-order valence-electron chi connectivity index (χ3n) is 3.47. The van der Waals surface area contributed by atoms with E-state index in [0.717, 1.165) is 12.1 Å². The molecule has 3 N–H and O–H groups in total. The van der Waals surface area contributed by atoms with Gasteiger partial charge in [-0.1, -0.05) is 18.3 Å². The van der Waals surface area contributed by atoms with Gasteiger partial charge in [-0.05, 0) is 37.5 Å². The molecule has 0 radical (unpaired) electrons. The number of halogens is 3. The molecule has 0 unspecified atom stereocenters. The number of aryl methyl sites for hydroxylation is 1. The van der Waals surface area contributed by atoms with E-state index in [0.29, 0.717) is 18.4 Å². The molecule has 0 atom stereocenters. The van der Waals surface area contributed by atoms with Gasteiger partial charge in [-0.3, -0.25) is 4.79 Å². The normalized spacial score (nSPS) is 16.6. The quantitative estimate of drug-likeness (QED) is 0.844. The zero-order chi connectivity index (χ0) is 15.1. The van der Waals surface area contributed by atoms with Crippen LogP contribution < -0.4 is 11.1 Å². The third-order valence-corrected chi connectivity index (χ3v) is 3.86. The average molecular weight is 302 g/mol. The van der Waals surface area contributed by atoms with Crippen LogP contribution in [-0.2, 0) is 11.0 Å². The van der Waals surface area contributed by atoms with Crippen molar-refractivity contribution in [1.82, 2.24) is 0 Å². The Morgan fingerprint density at radius 3 is 2.45 bits per heavy atom. The number of hydrogen-bond donors (Lipinski definition) is 2. The zero-order valence-electron chi connectivity index (χ0n) is 10.7. The maximum Gasteiger partial charge on any atom is 0.416 e. The highest BCUT2D eigenvalue weighted by Crippen LogP contribution is 2.47. The summed E-state index contributed by atoms with van der Waals surface area (Å²) in [6, 6.07) is 3.22. The minimum absolute atomic E-state index is 0.0830. The first-order valence-corrected chi connectivity index (χ1v) is 6.37. The topological polar surface area (TPSA) is 55.1 Å². The Hall–Kier alpha value is -1.63. The van der Waals surface area contributed by atoms with Gasteiger partial charge in [0, 0.05) is 5.69 Å². The van der Waals surface area contributed by atoms with Crippen molar-refractivity contribution in [1.29, 1.82) is 0 Å². The van der Waals surface area contributed by atoms with E-state index >= 15 is 0 Å². The molecule has 0 aliphatic heterocycles. The predicted molar refractivity (Wildman–Crippen MR) is 73.3 cm³/mol. The van der Waals surface area contributed by atoms with Crippen molar-refractivity contribution in [3.63, 3.8) is 0 Å². The van der Waals surface area contributed by atoms with Crippen LogP contribution in [0.5, 0.6) is 0 Å². The van der Waals surface area contributed by atoms with E-state index in [9.17, 15) is 18.0 Å². The standard InChI is InChI=1S/C13H13F3N2OS/c1-7-2-3-8(13(14,15)16)6-9(7)18-11(19)12(4-5-12)10(17)20/h2-3,6H,4-5H2,1H3,(H2,17,20)(H,18,19). The van der Waals surface area contributed by atoms with Crippen LogP contribution in [0.2, 0.25) is 0 Å². The molecular formula is C13H13F3N2OS. The molecule has 3 nitrogen and oxygen atoms in total. The van der Waals surface area contributed by atoms with E-state index in [2.05, 4.69) is 5.32 Å². The lowest BCUT2D eigenvalue weighted by Crippen LogP contribution is -2.35. The van der Waals surface area contributed by atoms with Crippen molar-refractivity contribution in [2.75, 3.05) is 5.32 Å². The summed E-state index contributed by atoms with van der Waals surface area (Å²) in [5, 5.41) is 2.50. The summed E-state index contributed by atoms with van der Waals surface area (Å²) in [7, 11) is 0. The van der Waals surface area contributed by atoms with Crippen LogP contribution in [-0.4, -0.2) is 10.9 Å². The molecule has 1 aliphatic rings. The molecule has 0 heterocycles. The van der Waals surface area contributed by atoms with Crippen LogP contribution >= 0.6 is 12.2 Å². The van der Waals surface area contributed by atoms with Crippen molar-refractivity contribution in [2.24, 2.45) is 11.1 Å². The van der Waals surface area contributed by atoms with Crippen LogP contribution in [0.25, 0.3) is 0 Å². The third kappa shape index (κ3) is 2.63. The summed E-state index contributed by atoms with van der Waals surface area (Å²) in [4.78, 5) is 12.2. The summed E-state index contributed by atoms with van der Waals surface area (Å²) in [5.41, 5.74) is 4.49. The highest BCUT2D eigenvalue weighted by atomic mass is 32.1. The number of amides is 1. The Labute approximate surface area is 119 Å². The van der Waals surface area contributed by atoms with Crippen molar-refractivity contribution < 1.29 is 18.0 Å². The maximum atomic E-state index is 12.7. The van der Waals surface area contributed by atoms with Crippen molar-refractivity contribution in [3.8, 4) is 0 Å². The van der Waals surface area contributed by atoms with Gasteiger partial charge in [0.25, 0.3) is 0 Å².